The molecule has 4 rings (SSSR count). The van der Waals surface area contributed by atoms with Crippen LogP contribution >= 0.6 is 0 Å². The van der Waals surface area contributed by atoms with E-state index >= 15 is 0 Å². The van der Waals surface area contributed by atoms with Gasteiger partial charge in [-0.05, 0) is 49.7 Å². The quantitative estimate of drug-likeness (QED) is 0.666. The summed E-state index contributed by atoms with van der Waals surface area (Å²) in [6.45, 7) is 3.94. The molecule has 3 nitrogen and oxygen atoms in total. The van der Waals surface area contributed by atoms with Crippen LogP contribution in [0.15, 0.2) is 40.8 Å². The van der Waals surface area contributed by atoms with Crippen LogP contribution in [0.25, 0.3) is 11.0 Å². The molecule has 0 amide bonds. The van der Waals surface area contributed by atoms with Crippen molar-refractivity contribution in [2.75, 3.05) is 7.11 Å². The monoisotopic (exact) mass is 310 g/mol. The molecule has 116 valence electrons. The van der Waals surface area contributed by atoms with E-state index in [-0.39, 0.29) is 11.2 Å². The number of hydrogen-bond donors (Lipinski definition) is 0. The van der Waals surface area contributed by atoms with Gasteiger partial charge < -0.3 is 9.15 Å². The Hall–Kier alpha value is -2.62. The van der Waals surface area contributed by atoms with Crippen molar-refractivity contribution in [1.82, 2.24) is 0 Å². The van der Waals surface area contributed by atoms with Gasteiger partial charge in [0.25, 0.3) is 0 Å². The molecule has 0 saturated heterocycles. The molecule has 2 aromatic carbocycles. The van der Waals surface area contributed by atoms with Crippen LogP contribution in [-0.2, 0) is 5.41 Å². The number of methoxy groups -OCH3 is 1. The Morgan fingerprint density at radius 3 is 2.70 bits per heavy atom. The third-order valence-electron chi connectivity index (χ3n) is 4.60. The predicted molar refractivity (Wildman–Crippen MR) is 84.7 cm³/mol. The van der Waals surface area contributed by atoms with Crippen molar-refractivity contribution in [3.63, 3.8) is 0 Å². The Labute approximate surface area is 132 Å². The molecule has 23 heavy (non-hydrogen) atoms. The molecule has 0 fully saturated rings. The van der Waals surface area contributed by atoms with Crippen LogP contribution in [0.2, 0.25) is 0 Å². The van der Waals surface area contributed by atoms with Crippen molar-refractivity contribution >= 4 is 16.8 Å². The molecular weight excluding hydrogens is 295 g/mol. The molecule has 3 aromatic rings. The molecule has 1 aliphatic carbocycles. The largest absolute Gasteiger partial charge is 0.497 e. The van der Waals surface area contributed by atoms with Crippen molar-refractivity contribution in [2.45, 2.75) is 19.3 Å². The Bertz CT molecular complexity index is 966. The van der Waals surface area contributed by atoms with Gasteiger partial charge in [0.15, 0.2) is 5.78 Å². The predicted octanol–water partition coefficient (Wildman–Crippen LogP) is 4.45. The van der Waals surface area contributed by atoms with Crippen LogP contribution in [0.5, 0.6) is 5.75 Å². The number of carbonyl (C=O) groups is 1. The van der Waals surface area contributed by atoms with E-state index in [1.54, 1.807) is 31.4 Å². The van der Waals surface area contributed by atoms with E-state index in [1.165, 1.54) is 6.07 Å². The highest BCUT2D eigenvalue weighted by Gasteiger charge is 2.42. The number of furan rings is 1. The zero-order valence-electron chi connectivity index (χ0n) is 13.1. The van der Waals surface area contributed by atoms with Crippen LogP contribution in [0, 0.1) is 5.82 Å². The third kappa shape index (κ3) is 1.72. The zero-order valence-corrected chi connectivity index (χ0v) is 13.1. The van der Waals surface area contributed by atoms with Gasteiger partial charge in [-0.25, -0.2) is 4.39 Å². The standard InChI is InChI=1S/C19H15FO3/c1-19(2)12-9-10(22-3)7-8-11(12)17(21)16-15-13(20)5-4-6-14(15)23-18(16)19/h4-9H,1-3H3. The minimum atomic E-state index is -0.557. The molecule has 0 radical (unpaired) electrons. The number of benzene rings is 2. The second-order valence-corrected chi connectivity index (χ2v) is 6.28. The number of carbonyl (C=O) groups excluding carboxylic acids is 1. The van der Waals surface area contributed by atoms with Crippen molar-refractivity contribution in [1.29, 1.82) is 0 Å². The Morgan fingerprint density at radius 2 is 1.96 bits per heavy atom. The molecule has 0 N–H and O–H groups in total. The normalized spacial score (nSPS) is 15.4. The maximum Gasteiger partial charge on any atom is 0.197 e. The van der Waals surface area contributed by atoms with Crippen molar-refractivity contribution in [3.8, 4) is 5.75 Å². The van der Waals surface area contributed by atoms with Crippen molar-refractivity contribution < 1.29 is 18.3 Å². The molecule has 1 heterocycles. The number of fused-ring (bicyclic) bond motifs is 4. The average Bonchev–Trinajstić information content (AvgIpc) is 2.95. The minimum Gasteiger partial charge on any atom is -0.497 e. The molecule has 0 atom stereocenters. The second kappa shape index (κ2) is 4.44. The topological polar surface area (TPSA) is 39.4 Å². The number of ether oxygens (including phenoxy) is 1. The van der Waals surface area contributed by atoms with Crippen LogP contribution in [0.3, 0.4) is 0 Å². The molecule has 0 saturated carbocycles. The first-order valence-electron chi connectivity index (χ1n) is 7.40. The summed E-state index contributed by atoms with van der Waals surface area (Å²) in [6, 6.07) is 9.95. The lowest BCUT2D eigenvalue weighted by atomic mass is 9.71. The molecule has 0 bridgehead atoms. The summed E-state index contributed by atoms with van der Waals surface area (Å²) in [7, 11) is 1.58. The highest BCUT2D eigenvalue weighted by molar-refractivity contribution is 6.19. The smallest absolute Gasteiger partial charge is 0.197 e. The first-order chi connectivity index (χ1) is 10.9. The number of hydrogen-bond acceptors (Lipinski definition) is 3. The van der Waals surface area contributed by atoms with Gasteiger partial charge >= 0.3 is 0 Å². The first kappa shape index (κ1) is 14.0. The summed E-state index contributed by atoms with van der Waals surface area (Å²) in [4.78, 5) is 13.0. The van der Waals surface area contributed by atoms with Crippen molar-refractivity contribution in [3.05, 3.63) is 64.7 Å². The van der Waals surface area contributed by atoms with Crippen molar-refractivity contribution in [2.24, 2.45) is 0 Å². The van der Waals surface area contributed by atoms with Gasteiger partial charge in [-0.1, -0.05) is 6.07 Å². The average molecular weight is 310 g/mol. The number of ketones is 1. The zero-order chi connectivity index (χ0) is 16.4. The highest BCUT2D eigenvalue weighted by atomic mass is 19.1. The second-order valence-electron chi connectivity index (χ2n) is 6.28. The SMILES string of the molecule is COc1ccc2c(c1)C(C)(C)c1oc3cccc(F)c3c1C2=O. The Morgan fingerprint density at radius 1 is 1.17 bits per heavy atom. The lowest BCUT2D eigenvalue weighted by molar-refractivity contribution is 0.102. The molecule has 1 aromatic heterocycles. The van der Waals surface area contributed by atoms with Gasteiger partial charge in [0.1, 0.15) is 22.9 Å². The van der Waals surface area contributed by atoms with E-state index in [9.17, 15) is 9.18 Å². The Kier molecular flexibility index (Phi) is 2.71. The number of rotatable bonds is 1. The molecule has 0 aliphatic heterocycles. The summed E-state index contributed by atoms with van der Waals surface area (Å²) >= 11 is 0. The lowest BCUT2D eigenvalue weighted by Crippen LogP contribution is -2.29. The third-order valence-corrected chi connectivity index (χ3v) is 4.60. The van der Waals surface area contributed by atoms with Gasteiger partial charge in [-0.2, -0.15) is 0 Å². The summed E-state index contributed by atoms with van der Waals surface area (Å²) in [5.74, 6) is 0.535. The number of halogens is 1. The van der Waals surface area contributed by atoms with Crippen LogP contribution in [0.1, 0.15) is 41.1 Å². The fourth-order valence-corrected chi connectivity index (χ4v) is 3.39. The van der Waals surface area contributed by atoms with E-state index < -0.39 is 11.2 Å². The van der Waals surface area contributed by atoms with Gasteiger partial charge in [0.2, 0.25) is 0 Å². The van der Waals surface area contributed by atoms with E-state index in [0.717, 1.165) is 5.56 Å². The highest BCUT2D eigenvalue weighted by Crippen LogP contribution is 2.46. The summed E-state index contributed by atoms with van der Waals surface area (Å²) < 4.78 is 25.5. The fourth-order valence-electron chi connectivity index (χ4n) is 3.39. The van der Waals surface area contributed by atoms with E-state index in [2.05, 4.69) is 0 Å². The molecule has 1 aliphatic rings. The van der Waals surface area contributed by atoms with Crippen LogP contribution < -0.4 is 4.74 Å². The molecule has 0 spiro atoms. The van der Waals surface area contributed by atoms with Crippen LogP contribution in [0.4, 0.5) is 4.39 Å². The lowest BCUT2D eigenvalue weighted by Gasteiger charge is -2.30. The maximum atomic E-state index is 14.3. The van der Waals surface area contributed by atoms with Gasteiger partial charge in [-0.15, -0.1) is 0 Å². The van der Waals surface area contributed by atoms with Gasteiger partial charge in [0.05, 0.1) is 18.1 Å². The summed E-state index contributed by atoms with van der Waals surface area (Å²) in [5.41, 5.74) is 1.57. The van der Waals surface area contributed by atoms with Gasteiger partial charge in [0, 0.05) is 11.0 Å². The van der Waals surface area contributed by atoms with E-state index in [4.69, 9.17) is 9.15 Å². The molecular formula is C19H15FO3. The summed E-state index contributed by atoms with van der Waals surface area (Å²) in [5, 5.41) is 0.266. The maximum absolute atomic E-state index is 14.3. The molecule has 4 heteroatoms. The van der Waals surface area contributed by atoms with E-state index in [0.29, 0.717) is 28.2 Å². The Balaban J connectivity index is 2.11. The first-order valence-corrected chi connectivity index (χ1v) is 7.40. The molecule has 0 unspecified atom stereocenters. The summed E-state index contributed by atoms with van der Waals surface area (Å²) in [6.07, 6.45) is 0. The van der Waals surface area contributed by atoms with Crippen LogP contribution in [-0.4, -0.2) is 12.9 Å². The fraction of sp³-hybridized carbons (Fsp3) is 0.211. The van der Waals surface area contributed by atoms with E-state index in [1.807, 2.05) is 19.9 Å². The van der Waals surface area contributed by atoms with Gasteiger partial charge in [-0.3, -0.25) is 4.79 Å². The minimum absolute atomic E-state index is 0.208.